The van der Waals surface area contributed by atoms with Gasteiger partial charge in [-0.05, 0) is 31.7 Å². The molecule has 0 aromatic carbocycles. The molecule has 1 aromatic rings. The summed E-state index contributed by atoms with van der Waals surface area (Å²) >= 11 is 0. The highest BCUT2D eigenvalue weighted by Crippen LogP contribution is 2.17. The van der Waals surface area contributed by atoms with Crippen LogP contribution in [0.1, 0.15) is 31.0 Å². The number of hydrogen-bond donors (Lipinski definition) is 1. The summed E-state index contributed by atoms with van der Waals surface area (Å²) in [7, 11) is 0. The van der Waals surface area contributed by atoms with Crippen LogP contribution in [0.15, 0.2) is 4.52 Å². The predicted molar refractivity (Wildman–Crippen MR) is 61.7 cm³/mol. The Morgan fingerprint density at radius 2 is 2.29 bits per heavy atom. The minimum absolute atomic E-state index is 0.526. The predicted octanol–water partition coefficient (Wildman–Crippen LogP) is 0.943. The van der Waals surface area contributed by atoms with E-state index in [1.807, 2.05) is 0 Å². The molecule has 5 nitrogen and oxygen atoms in total. The lowest BCUT2D eigenvalue weighted by atomic mass is 10.1. The first-order valence-electron chi connectivity index (χ1n) is 6.53. The van der Waals surface area contributed by atoms with Gasteiger partial charge < -0.3 is 14.6 Å². The van der Waals surface area contributed by atoms with Crippen molar-refractivity contribution < 1.29 is 9.26 Å². The SMILES string of the molecule is C1CNC(Cc2nc(CC3CCOC3)no2)C1. The van der Waals surface area contributed by atoms with Crippen molar-refractivity contribution in [3.05, 3.63) is 11.7 Å². The maximum Gasteiger partial charge on any atom is 0.228 e. The van der Waals surface area contributed by atoms with Crippen molar-refractivity contribution >= 4 is 0 Å². The average Bonchev–Trinajstić information content (AvgIpc) is 3.02. The van der Waals surface area contributed by atoms with E-state index in [1.54, 1.807) is 0 Å². The molecule has 0 bridgehead atoms. The van der Waals surface area contributed by atoms with Crippen LogP contribution in [0.3, 0.4) is 0 Å². The number of ether oxygens (including phenoxy) is 1. The van der Waals surface area contributed by atoms with E-state index in [9.17, 15) is 0 Å². The molecular formula is C12H19N3O2. The van der Waals surface area contributed by atoms with Crippen molar-refractivity contribution in [2.75, 3.05) is 19.8 Å². The minimum atomic E-state index is 0.526. The first kappa shape index (κ1) is 11.2. The highest BCUT2D eigenvalue weighted by atomic mass is 16.5. The lowest BCUT2D eigenvalue weighted by Gasteiger charge is -2.04. The van der Waals surface area contributed by atoms with E-state index in [-0.39, 0.29) is 0 Å². The molecule has 2 aliphatic heterocycles. The Morgan fingerprint density at radius 1 is 1.29 bits per heavy atom. The molecule has 2 unspecified atom stereocenters. The summed E-state index contributed by atoms with van der Waals surface area (Å²) in [5, 5.41) is 7.49. The van der Waals surface area contributed by atoms with E-state index in [1.165, 1.54) is 12.8 Å². The Hall–Kier alpha value is -0.940. The van der Waals surface area contributed by atoms with E-state index in [2.05, 4.69) is 15.5 Å². The van der Waals surface area contributed by atoms with Gasteiger partial charge >= 0.3 is 0 Å². The molecule has 2 atom stereocenters. The summed E-state index contributed by atoms with van der Waals surface area (Å²) in [4.78, 5) is 4.46. The monoisotopic (exact) mass is 237 g/mol. The van der Waals surface area contributed by atoms with Gasteiger partial charge in [0.1, 0.15) is 0 Å². The van der Waals surface area contributed by atoms with Crippen molar-refractivity contribution in [2.45, 2.75) is 38.1 Å². The quantitative estimate of drug-likeness (QED) is 0.844. The molecule has 94 valence electrons. The van der Waals surface area contributed by atoms with Crippen LogP contribution in [0.25, 0.3) is 0 Å². The fraction of sp³-hybridized carbons (Fsp3) is 0.833. The second kappa shape index (κ2) is 5.14. The van der Waals surface area contributed by atoms with E-state index < -0.39 is 0 Å². The molecule has 0 amide bonds. The number of aromatic nitrogens is 2. The smallest absolute Gasteiger partial charge is 0.228 e. The Kier molecular flexibility index (Phi) is 3.38. The fourth-order valence-corrected chi connectivity index (χ4v) is 2.60. The first-order chi connectivity index (χ1) is 8.40. The van der Waals surface area contributed by atoms with Crippen molar-refractivity contribution in [2.24, 2.45) is 5.92 Å². The second-order valence-electron chi connectivity index (χ2n) is 5.04. The van der Waals surface area contributed by atoms with E-state index >= 15 is 0 Å². The van der Waals surface area contributed by atoms with E-state index in [4.69, 9.17) is 9.26 Å². The Bertz CT molecular complexity index is 322. The largest absolute Gasteiger partial charge is 0.381 e. The van der Waals surface area contributed by atoms with Gasteiger partial charge in [0.2, 0.25) is 5.89 Å². The molecular weight excluding hydrogens is 218 g/mol. The zero-order chi connectivity index (χ0) is 11.5. The zero-order valence-electron chi connectivity index (χ0n) is 10.0. The van der Waals surface area contributed by atoms with Gasteiger partial charge in [0.05, 0.1) is 0 Å². The minimum Gasteiger partial charge on any atom is -0.381 e. The molecule has 1 aromatic heterocycles. The topological polar surface area (TPSA) is 60.2 Å². The summed E-state index contributed by atoms with van der Waals surface area (Å²) in [5.74, 6) is 2.19. The van der Waals surface area contributed by atoms with Gasteiger partial charge in [-0.1, -0.05) is 5.16 Å². The van der Waals surface area contributed by atoms with E-state index in [0.29, 0.717) is 12.0 Å². The summed E-state index contributed by atoms with van der Waals surface area (Å²) in [6, 6.07) is 0.526. The molecule has 17 heavy (non-hydrogen) atoms. The molecule has 0 spiro atoms. The first-order valence-corrected chi connectivity index (χ1v) is 6.53. The summed E-state index contributed by atoms with van der Waals surface area (Å²) < 4.78 is 10.6. The van der Waals surface area contributed by atoms with Gasteiger partial charge in [-0.25, -0.2) is 0 Å². The van der Waals surface area contributed by atoms with Crippen LogP contribution >= 0.6 is 0 Å². The molecule has 3 heterocycles. The second-order valence-corrected chi connectivity index (χ2v) is 5.04. The summed E-state index contributed by atoms with van der Waals surface area (Å²) in [5.41, 5.74) is 0. The Labute approximate surface area is 101 Å². The van der Waals surface area contributed by atoms with Gasteiger partial charge in [0.15, 0.2) is 5.82 Å². The van der Waals surface area contributed by atoms with Crippen molar-refractivity contribution in [3.63, 3.8) is 0 Å². The maximum atomic E-state index is 5.35. The lowest BCUT2D eigenvalue weighted by molar-refractivity contribution is 0.185. The van der Waals surface area contributed by atoms with E-state index in [0.717, 1.165) is 50.7 Å². The number of rotatable bonds is 4. The third-order valence-electron chi connectivity index (χ3n) is 3.59. The van der Waals surface area contributed by atoms with Crippen LogP contribution in [0.5, 0.6) is 0 Å². The fourth-order valence-electron chi connectivity index (χ4n) is 2.60. The van der Waals surface area contributed by atoms with Gasteiger partial charge in [0.25, 0.3) is 0 Å². The van der Waals surface area contributed by atoms with Crippen molar-refractivity contribution in [1.29, 1.82) is 0 Å². The molecule has 0 aliphatic carbocycles. The highest BCUT2D eigenvalue weighted by molar-refractivity contribution is 4.92. The van der Waals surface area contributed by atoms with Gasteiger partial charge in [-0.3, -0.25) is 0 Å². The van der Waals surface area contributed by atoms with Crippen LogP contribution < -0.4 is 5.32 Å². The van der Waals surface area contributed by atoms with Crippen molar-refractivity contribution in [3.8, 4) is 0 Å². The Balaban J connectivity index is 1.54. The lowest BCUT2D eigenvalue weighted by Crippen LogP contribution is -2.23. The standard InChI is InChI=1S/C12H19N3O2/c1-2-10(13-4-1)7-12-14-11(15-17-12)6-9-3-5-16-8-9/h9-10,13H,1-8H2. The third-order valence-corrected chi connectivity index (χ3v) is 3.59. The van der Waals surface area contributed by atoms with Crippen LogP contribution in [-0.4, -0.2) is 35.9 Å². The molecule has 2 aliphatic rings. The summed E-state index contributed by atoms with van der Waals surface area (Å²) in [6.45, 7) is 2.83. The molecule has 2 fully saturated rings. The van der Waals surface area contributed by atoms with Crippen LogP contribution in [0, 0.1) is 5.92 Å². The number of nitrogens with one attached hydrogen (secondary N) is 1. The van der Waals surface area contributed by atoms with Gasteiger partial charge in [0, 0.05) is 32.1 Å². The normalized spacial score (nSPS) is 28.9. The summed E-state index contributed by atoms with van der Waals surface area (Å²) in [6.07, 6.45) is 5.35. The molecule has 0 saturated carbocycles. The highest BCUT2D eigenvalue weighted by Gasteiger charge is 2.21. The number of nitrogens with zero attached hydrogens (tertiary/aromatic N) is 2. The number of hydrogen-bond acceptors (Lipinski definition) is 5. The molecule has 3 rings (SSSR count). The third kappa shape index (κ3) is 2.84. The molecule has 0 radical (unpaired) electrons. The van der Waals surface area contributed by atoms with Gasteiger partial charge in [-0.2, -0.15) is 4.98 Å². The zero-order valence-corrected chi connectivity index (χ0v) is 10.0. The molecule has 2 saturated heterocycles. The van der Waals surface area contributed by atoms with Crippen molar-refractivity contribution in [1.82, 2.24) is 15.5 Å². The molecule has 5 heteroatoms. The maximum absolute atomic E-state index is 5.35. The Morgan fingerprint density at radius 3 is 3.06 bits per heavy atom. The van der Waals surface area contributed by atoms with Crippen LogP contribution in [0.4, 0.5) is 0 Å². The van der Waals surface area contributed by atoms with Crippen LogP contribution in [-0.2, 0) is 17.6 Å². The van der Waals surface area contributed by atoms with Crippen LogP contribution in [0.2, 0.25) is 0 Å². The molecule has 1 N–H and O–H groups in total. The average molecular weight is 237 g/mol. The van der Waals surface area contributed by atoms with Gasteiger partial charge in [-0.15, -0.1) is 0 Å².